The van der Waals surface area contributed by atoms with E-state index in [0.717, 1.165) is 32.1 Å². The zero-order valence-electron chi connectivity index (χ0n) is 15.8. The Morgan fingerprint density at radius 2 is 1.52 bits per heavy atom. The molecule has 0 aliphatic heterocycles. The van der Waals surface area contributed by atoms with Crippen molar-refractivity contribution in [2.24, 2.45) is 22.7 Å². The fourth-order valence-electron chi connectivity index (χ4n) is 5.71. The van der Waals surface area contributed by atoms with Gasteiger partial charge in [0.05, 0.1) is 6.61 Å². The van der Waals surface area contributed by atoms with E-state index in [9.17, 15) is 19.5 Å². The highest BCUT2D eigenvalue weighted by Gasteiger charge is 2.57. The van der Waals surface area contributed by atoms with Crippen LogP contribution in [0.25, 0.3) is 0 Å². The van der Waals surface area contributed by atoms with Gasteiger partial charge in [-0.2, -0.15) is 0 Å². The summed E-state index contributed by atoms with van der Waals surface area (Å²) in [5.41, 5.74) is 0.123. The maximum absolute atomic E-state index is 12.0. The van der Waals surface area contributed by atoms with Crippen molar-refractivity contribution in [3.8, 4) is 0 Å². The standard InChI is InChI=1S/C20H28O7/c1-13(2)18(24)26-9-16(22)25-8-17(23)27-12-20-6-14-3-15(7-20)5-19(4-14,10-20)11-21/h14-15,21H,1,3-12H2,2H3. The third kappa shape index (κ3) is 4.51. The fourth-order valence-corrected chi connectivity index (χ4v) is 5.71. The molecular weight excluding hydrogens is 352 g/mol. The number of aliphatic hydroxyl groups is 1. The van der Waals surface area contributed by atoms with Crippen molar-refractivity contribution in [3.05, 3.63) is 12.2 Å². The zero-order valence-corrected chi connectivity index (χ0v) is 15.8. The van der Waals surface area contributed by atoms with Crippen LogP contribution in [-0.4, -0.2) is 49.4 Å². The molecule has 4 fully saturated rings. The molecule has 27 heavy (non-hydrogen) atoms. The second-order valence-corrected chi connectivity index (χ2v) is 8.80. The van der Waals surface area contributed by atoms with Gasteiger partial charge in [-0.25, -0.2) is 14.4 Å². The third-order valence-corrected chi connectivity index (χ3v) is 6.20. The minimum Gasteiger partial charge on any atom is -0.463 e. The van der Waals surface area contributed by atoms with Crippen molar-refractivity contribution >= 4 is 17.9 Å². The van der Waals surface area contributed by atoms with Crippen molar-refractivity contribution in [1.82, 2.24) is 0 Å². The van der Waals surface area contributed by atoms with Crippen LogP contribution in [-0.2, 0) is 28.6 Å². The summed E-state index contributed by atoms with van der Waals surface area (Å²) in [6.45, 7) is 4.32. The van der Waals surface area contributed by atoms with Crippen LogP contribution in [0.15, 0.2) is 12.2 Å². The Kier molecular flexibility index (Phi) is 5.60. The molecule has 2 atom stereocenters. The van der Waals surface area contributed by atoms with E-state index in [1.807, 2.05) is 0 Å². The van der Waals surface area contributed by atoms with Gasteiger partial charge in [-0.05, 0) is 62.7 Å². The van der Waals surface area contributed by atoms with Crippen molar-refractivity contribution in [3.63, 3.8) is 0 Å². The Hall–Kier alpha value is -1.89. The molecule has 0 aromatic heterocycles. The molecule has 4 rings (SSSR count). The van der Waals surface area contributed by atoms with Gasteiger partial charge in [0.25, 0.3) is 0 Å². The van der Waals surface area contributed by atoms with Crippen molar-refractivity contribution in [1.29, 1.82) is 0 Å². The molecule has 7 heteroatoms. The molecule has 0 aromatic carbocycles. The second-order valence-electron chi connectivity index (χ2n) is 8.80. The Morgan fingerprint density at radius 3 is 2.11 bits per heavy atom. The normalized spacial score (nSPS) is 33.4. The number of aliphatic hydroxyl groups excluding tert-OH is 1. The third-order valence-electron chi connectivity index (χ3n) is 6.20. The van der Waals surface area contributed by atoms with Crippen LogP contribution < -0.4 is 0 Å². The molecule has 0 saturated heterocycles. The van der Waals surface area contributed by atoms with Crippen LogP contribution in [0.4, 0.5) is 0 Å². The zero-order chi connectivity index (χ0) is 19.7. The summed E-state index contributed by atoms with van der Waals surface area (Å²) in [7, 11) is 0. The number of carbonyl (C=O) groups excluding carboxylic acids is 3. The Labute approximate surface area is 159 Å². The second kappa shape index (κ2) is 7.62. The summed E-state index contributed by atoms with van der Waals surface area (Å²) in [6, 6.07) is 0. The molecule has 0 amide bonds. The van der Waals surface area contributed by atoms with E-state index in [0.29, 0.717) is 18.4 Å². The fraction of sp³-hybridized carbons (Fsp3) is 0.750. The molecule has 150 valence electrons. The first kappa shape index (κ1) is 19.9. The highest BCUT2D eigenvalue weighted by molar-refractivity contribution is 5.88. The molecule has 4 bridgehead atoms. The summed E-state index contributed by atoms with van der Waals surface area (Å²) in [6.07, 6.45) is 6.35. The summed E-state index contributed by atoms with van der Waals surface area (Å²) in [4.78, 5) is 34.7. The lowest BCUT2D eigenvalue weighted by Crippen LogP contribution is -2.55. The van der Waals surface area contributed by atoms with Gasteiger partial charge in [-0.1, -0.05) is 6.58 Å². The summed E-state index contributed by atoms with van der Waals surface area (Å²) in [5.74, 6) is -0.885. The number of hydrogen-bond donors (Lipinski definition) is 1. The van der Waals surface area contributed by atoms with Crippen LogP contribution in [0.5, 0.6) is 0 Å². The average molecular weight is 380 g/mol. The smallest absolute Gasteiger partial charge is 0.344 e. The molecule has 0 aromatic rings. The minimum atomic E-state index is -0.810. The number of carbonyl (C=O) groups is 3. The van der Waals surface area contributed by atoms with E-state index >= 15 is 0 Å². The van der Waals surface area contributed by atoms with Gasteiger partial charge in [0, 0.05) is 17.6 Å². The van der Waals surface area contributed by atoms with E-state index < -0.39 is 31.1 Å². The van der Waals surface area contributed by atoms with Gasteiger partial charge in [0.2, 0.25) is 0 Å². The maximum atomic E-state index is 12.0. The maximum Gasteiger partial charge on any atom is 0.344 e. The van der Waals surface area contributed by atoms with Crippen LogP contribution in [0.3, 0.4) is 0 Å². The summed E-state index contributed by atoms with van der Waals surface area (Å²) < 4.78 is 14.9. The van der Waals surface area contributed by atoms with E-state index in [1.165, 1.54) is 13.3 Å². The Balaban J connectivity index is 1.42. The molecule has 0 spiro atoms. The van der Waals surface area contributed by atoms with E-state index in [-0.39, 0.29) is 23.0 Å². The number of hydrogen-bond acceptors (Lipinski definition) is 7. The molecule has 4 aliphatic rings. The van der Waals surface area contributed by atoms with Crippen LogP contribution >= 0.6 is 0 Å². The first-order valence-corrected chi connectivity index (χ1v) is 9.50. The molecule has 0 heterocycles. The summed E-state index contributed by atoms with van der Waals surface area (Å²) in [5, 5.41) is 9.89. The molecular formula is C20H28O7. The molecule has 2 unspecified atom stereocenters. The lowest BCUT2D eigenvalue weighted by atomic mass is 9.44. The lowest BCUT2D eigenvalue weighted by molar-refractivity contribution is -0.176. The molecule has 4 saturated carbocycles. The van der Waals surface area contributed by atoms with Crippen molar-refractivity contribution in [2.45, 2.75) is 45.4 Å². The van der Waals surface area contributed by atoms with Crippen LogP contribution in [0.1, 0.15) is 45.4 Å². The SMILES string of the molecule is C=C(C)C(=O)OCC(=O)OCC(=O)OCC12CC3CC(CC(CO)(C3)C1)C2. The molecule has 1 N–H and O–H groups in total. The van der Waals surface area contributed by atoms with Crippen molar-refractivity contribution in [2.75, 3.05) is 26.4 Å². The topological polar surface area (TPSA) is 99.1 Å². The number of ether oxygens (including phenoxy) is 3. The van der Waals surface area contributed by atoms with E-state index in [4.69, 9.17) is 9.47 Å². The average Bonchev–Trinajstić information content (AvgIpc) is 2.61. The lowest BCUT2D eigenvalue weighted by Gasteiger charge is -2.61. The predicted octanol–water partition coefficient (Wildman–Crippen LogP) is 1.77. The van der Waals surface area contributed by atoms with Gasteiger partial charge in [-0.15, -0.1) is 0 Å². The van der Waals surface area contributed by atoms with Gasteiger partial charge >= 0.3 is 17.9 Å². The van der Waals surface area contributed by atoms with Gasteiger partial charge in [0.1, 0.15) is 0 Å². The van der Waals surface area contributed by atoms with Gasteiger partial charge in [0.15, 0.2) is 13.2 Å². The predicted molar refractivity (Wildman–Crippen MR) is 94.3 cm³/mol. The molecule has 7 nitrogen and oxygen atoms in total. The van der Waals surface area contributed by atoms with Crippen LogP contribution in [0, 0.1) is 22.7 Å². The monoisotopic (exact) mass is 380 g/mol. The Bertz CT molecular complexity index is 624. The van der Waals surface area contributed by atoms with E-state index in [1.54, 1.807) is 0 Å². The van der Waals surface area contributed by atoms with Gasteiger partial charge in [-0.3, -0.25) is 0 Å². The largest absolute Gasteiger partial charge is 0.463 e. The highest BCUT2D eigenvalue weighted by Crippen LogP contribution is 2.65. The highest BCUT2D eigenvalue weighted by atomic mass is 16.6. The molecule has 0 radical (unpaired) electrons. The van der Waals surface area contributed by atoms with Crippen molar-refractivity contribution < 1.29 is 33.7 Å². The number of esters is 3. The quantitative estimate of drug-likeness (QED) is 0.389. The molecule has 4 aliphatic carbocycles. The van der Waals surface area contributed by atoms with E-state index in [2.05, 4.69) is 11.3 Å². The van der Waals surface area contributed by atoms with Crippen LogP contribution in [0.2, 0.25) is 0 Å². The number of rotatable bonds is 8. The Morgan fingerprint density at radius 1 is 0.963 bits per heavy atom. The minimum absolute atomic E-state index is 0.00385. The van der Waals surface area contributed by atoms with Gasteiger partial charge < -0.3 is 19.3 Å². The summed E-state index contributed by atoms with van der Waals surface area (Å²) >= 11 is 0. The first-order chi connectivity index (χ1) is 12.7. The first-order valence-electron chi connectivity index (χ1n) is 9.50.